The van der Waals surface area contributed by atoms with Gasteiger partial charge in [0, 0.05) is 6.54 Å². The summed E-state index contributed by atoms with van der Waals surface area (Å²) in [6.45, 7) is 2.36. The molecule has 0 atom stereocenters. The molecule has 0 amide bonds. The minimum absolute atomic E-state index is 0.695. The summed E-state index contributed by atoms with van der Waals surface area (Å²) >= 11 is 0. The lowest BCUT2D eigenvalue weighted by Crippen LogP contribution is -2.19. The van der Waals surface area contributed by atoms with Crippen molar-refractivity contribution in [3.05, 3.63) is 29.8 Å². The Kier molecular flexibility index (Phi) is 5.15. The quantitative estimate of drug-likeness (QED) is 0.761. The van der Waals surface area contributed by atoms with E-state index in [2.05, 4.69) is 17.0 Å². The van der Waals surface area contributed by atoms with E-state index in [1.807, 2.05) is 26.2 Å². The van der Waals surface area contributed by atoms with Crippen molar-refractivity contribution in [1.82, 2.24) is 4.90 Å². The molecule has 0 radical (unpaired) electrons. The van der Waals surface area contributed by atoms with Crippen molar-refractivity contribution in [2.24, 2.45) is 5.73 Å². The molecule has 0 saturated carbocycles. The van der Waals surface area contributed by atoms with E-state index in [1.54, 1.807) is 0 Å². The lowest BCUT2D eigenvalue weighted by Gasteiger charge is -2.11. The summed E-state index contributed by atoms with van der Waals surface area (Å²) < 4.78 is 5.58. The van der Waals surface area contributed by atoms with Crippen LogP contribution in [0.1, 0.15) is 5.56 Å². The van der Waals surface area contributed by atoms with Gasteiger partial charge in [-0.25, -0.2) is 0 Å². The van der Waals surface area contributed by atoms with Gasteiger partial charge in [-0.2, -0.15) is 0 Å². The average molecular weight is 208 g/mol. The molecule has 84 valence electrons. The summed E-state index contributed by atoms with van der Waals surface area (Å²) in [6.07, 6.45) is 0.929. The zero-order valence-corrected chi connectivity index (χ0v) is 9.57. The highest BCUT2D eigenvalue weighted by Crippen LogP contribution is 2.12. The maximum atomic E-state index is 5.58. The molecule has 0 saturated heterocycles. The number of benzene rings is 1. The average Bonchev–Trinajstić information content (AvgIpc) is 2.20. The van der Waals surface area contributed by atoms with E-state index < -0.39 is 0 Å². The Labute approximate surface area is 91.8 Å². The van der Waals surface area contributed by atoms with Crippen LogP contribution in [0.2, 0.25) is 0 Å². The maximum Gasteiger partial charge on any atom is 0.119 e. The fourth-order valence-corrected chi connectivity index (χ4v) is 1.27. The van der Waals surface area contributed by atoms with Crippen molar-refractivity contribution in [2.75, 3.05) is 33.8 Å². The van der Waals surface area contributed by atoms with E-state index in [1.165, 1.54) is 5.56 Å². The second kappa shape index (κ2) is 6.43. The number of hydrogen-bond donors (Lipinski definition) is 1. The maximum absolute atomic E-state index is 5.58. The van der Waals surface area contributed by atoms with Crippen LogP contribution in [0.4, 0.5) is 0 Å². The van der Waals surface area contributed by atoms with Gasteiger partial charge in [-0.05, 0) is 44.8 Å². The topological polar surface area (TPSA) is 38.5 Å². The molecule has 0 spiro atoms. The first-order chi connectivity index (χ1) is 7.22. The second-order valence-electron chi connectivity index (χ2n) is 3.83. The van der Waals surface area contributed by atoms with Crippen molar-refractivity contribution in [2.45, 2.75) is 6.42 Å². The van der Waals surface area contributed by atoms with Gasteiger partial charge in [-0.1, -0.05) is 12.1 Å². The highest BCUT2D eigenvalue weighted by molar-refractivity contribution is 5.27. The Hall–Kier alpha value is -1.06. The van der Waals surface area contributed by atoms with E-state index >= 15 is 0 Å². The molecule has 3 nitrogen and oxygen atoms in total. The van der Waals surface area contributed by atoms with Crippen LogP contribution >= 0.6 is 0 Å². The molecule has 0 heterocycles. The van der Waals surface area contributed by atoms with Gasteiger partial charge < -0.3 is 15.4 Å². The van der Waals surface area contributed by atoms with E-state index in [9.17, 15) is 0 Å². The molecule has 3 heteroatoms. The van der Waals surface area contributed by atoms with Crippen LogP contribution in [-0.4, -0.2) is 38.7 Å². The number of ether oxygens (including phenoxy) is 1. The Balaban J connectivity index is 2.36. The van der Waals surface area contributed by atoms with Crippen LogP contribution in [0.25, 0.3) is 0 Å². The van der Waals surface area contributed by atoms with Crippen molar-refractivity contribution in [3.63, 3.8) is 0 Å². The molecule has 15 heavy (non-hydrogen) atoms. The normalized spacial score (nSPS) is 10.7. The minimum Gasteiger partial charge on any atom is -0.492 e. The standard InChI is InChI=1S/C12H20N2O/c1-14(2)9-10-15-12-5-3-11(4-6-12)7-8-13/h3-6H,7-10,13H2,1-2H3. The van der Waals surface area contributed by atoms with Crippen LogP contribution in [0.5, 0.6) is 5.75 Å². The zero-order valence-electron chi connectivity index (χ0n) is 9.57. The fourth-order valence-electron chi connectivity index (χ4n) is 1.27. The number of hydrogen-bond acceptors (Lipinski definition) is 3. The Morgan fingerprint density at radius 3 is 2.40 bits per heavy atom. The largest absolute Gasteiger partial charge is 0.492 e. The summed E-state index contributed by atoms with van der Waals surface area (Å²) in [7, 11) is 4.07. The van der Waals surface area contributed by atoms with Gasteiger partial charge in [0.2, 0.25) is 0 Å². The monoisotopic (exact) mass is 208 g/mol. The first-order valence-electron chi connectivity index (χ1n) is 5.29. The van der Waals surface area contributed by atoms with Crippen molar-refractivity contribution in [1.29, 1.82) is 0 Å². The lowest BCUT2D eigenvalue weighted by molar-refractivity contribution is 0.261. The summed E-state index contributed by atoms with van der Waals surface area (Å²) in [5.74, 6) is 0.928. The SMILES string of the molecule is CN(C)CCOc1ccc(CCN)cc1. The predicted octanol–water partition coefficient (Wildman–Crippen LogP) is 1.13. The van der Waals surface area contributed by atoms with Gasteiger partial charge in [0.1, 0.15) is 12.4 Å². The first kappa shape index (κ1) is 12.0. The third-order valence-electron chi connectivity index (χ3n) is 2.16. The molecule has 1 aromatic carbocycles. The minimum atomic E-state index is 0.695. The summed E-state index contributed by atoms with van der Waals surface area (Å²) in [5.41, 5.74) is 6.74. The Morgan fingerprint density at radius 1 is 1.20 bits per heavy atom. The molecule has 0 unspecified atom stereocenters. The van der Waals surface area contributed by atoms with Crippen LogP contribution in [0.3, 0.4) is 0 Å². The van der Waals surface area contributed by atoms with Gasteiger partial charge in [0.15, 0.2) is 0 Å². The van der Waals surface area contributed by atoms with E-state index in [4.69, 9.17) is 10.5 Å². The Bertz CT molecular complexity index is 269. The van der Waals surface area contributed by atoms with Gasteiger partial charge in [0.05, 0.1) is 0 Å². The van der Waals surface area contributed by atoms with Crippen LogP contribution in [-0.2, 0) is 6.42 Å². The molecule has 1 rings (SSSR count). The number of likely N-dealkylation sites (N-methyl/N-ethyl adjacent to an activating group) is 1. The van der Waals surface area contributed by atoms with E-state index in [0.717, 1.165) is 25.3 Å². The zero-order chi connectivity index (χ0) is 11.1. The van der Waals surface area contributed by atoms with Gasteiger partial charge in [0.25, 0.3) is 0 Å². The summed E-state index contributed by atoms with van der Waals surface area (Å²) in [5, 5.41) is 0. The smallest absolute Gasteiger partial charge is 0.119 e. The third-order valence-corrected chi connectivity index (χ3v) is 2.16. The highest BCUT2D eigenvalue weighted by Gasteiger charge is 1.95. The molecule has 1 aromatic rings. The summed E-state index contributed by atoms with van der Waals surface area (Å²) in [4.78, 5) is 2.10. The van der Waals surface area contributed by atoms with Crippen molar-refractivity contribution >= 4 is 0 Å². The molecule has 0 aliphatic carbocycles. The molecular formula is C12H20N2O. The molecular weight excluding hydrogens is 188 g/mol. The van der Waals surface area contributed by atoms with Crippen molar-refractivity contribution < 1.29 is 4.74 Å². The Morgan fingerprint density at radius 2 is 1.87 bits per heavy atom. The molecule has 0 aliphatic rings. The molecule has 0 bridgehead atoms. The molecule has 0 aromatic heterocycles. The van der Waals surface area contributed by atoms with Crippen LogP contribution in [0, 0.1) is 0 Å². The van der Waals surface area contributed by atoms with Crippen LogP contribution in [0.15, 0.2) is 24.3 Å². The fraction of sp³-hybridized carbons (Fsp3) is 0.500. The third kappa shape index (κ3) is 4.81. The molecule has 0 fully saturated rings. The molecule has 2 N–H and O–H groups in total. The second-order valence-corrected chi connectivity index (χ2v) is 3.83. The number of rotatable bonds is 6. The predicted molar refractivity (Wildman–Crippen MR) is 63.2 cm³/mol. The van der Waals surface area contributed by atoms with E-state index in [0.29, 0.717) is 6.54 Å². The van der Waals surface area contributed by atoms with Crippen LogP contribution < -0.4 is 10.5 Å². The van der Waals surface area contributed by atoms with E-state index in [-0.39, 0.29) is 0 Å². The molecule has 0 aliphatic heterocycles. The first-order valence-corrected chi connectivity index (χ1v) is 5.29. The number of nitrogens with two attached hydrogens (primary N) is 1. The van der Waals surface area contributed by atoms with Gasteiger partial charge in [-0.15, -0.1) is 0 Å². The highest BCUT2D eigenvalue weighted by atomic mass is 16.5. The summed E-state index contributed by atoms with van der Waals surface area (Å²) in [6, 6.07) is 8.14. The van der Waals surface area contributed by atoms with Gasteiger partial charge >= 0.3 is 0 Å². The van der Waals surface area contributed by atoms with Crippen molar-refractivity contribution in [3.8, 4) is 5.75 Å². The van der Waals surface area contributed by atoms with Gasteiger partial charge in [-0.3, -0.25) is 0 Å². The number of nitrogens with zero attached hydrogens (tertiary/aromatic N) is 1. The lowest BCUT2D eigenvalue weighted by atomic mass is 10.1.